The lowest BCUT2D eigenvalue weighted by Crippen LogP contribution is -2.32. The van der Waals surface area contributed by atoms with Gasteiger partial charge in [0.15, 0.2) is 0 Å². The Morgan fingerprint density at radius 3 is 1.73 bits per heavy atom. The van der Waals surface area contributed by atoms with Crippen molar-refractivity contribution in [3.8, 4) is 0 Å². The van der Waals surface area contributed by atoms with E-state index < -0.39 is 0 Å². The summed E-state index contributed by atoms with van der Waals surface area (Å²) < 4.78 is 0. The van der Waals surface area contributed by atoms with Crippen molar-refractivity contribution < 1.29 is 0 Å². The molecule has 0 aromatic heterocycles. The van der Waals surface area contributed by atoms with Crippen molar-refractivity contribution in [2.45, 2.75) is 0 Å². The predicted molar refractivity (Wildman–Crippen MR) is 46.1 cm³/mol. The minimum absolute atomic E-state index is 0.760. The van der Waals surface area contributed by atoms with Crippen LogP contribution in [0.5, 0.6) is 0 Å². The first kappa shape index (κ1) is 8.93. The fraction of sp³-hybridized carbons (Fsp3) is 1.00. The van der Waals surface area contributed by atoms with Gasteiger partial charge in [0, 0.05) is 39.3 Å². The first-order chi connectivity index (χ1) is 5.36. The fourth-order valence-electron chi connectivity index (χ4n) is 1.44. The van der Waals surface area contributed by atoms with E-state index in [2.05, 4.69) is 9.80 Å². The van der Waals surface area contributed by atoms with E-state index in [9.17, 15) is 0 Å². The van der Waals surface area contributed by atoms with Crippen LogP contribution in [0.1, 0.15) is 0 Å². The number of rotatable bonds is 4. The van der Waals surface area contributed by atoms with Crippen LogP contribution in [0.3, 0.4) is 0 Å². The molecule has 1 fully saturated rings. The molecule has 66 valence electrons. The van der Waals surface area contributed by atoms with Crippen LogP contribution in [0.15, 0.2) is 0 Å². The van der Waals surface area contributed by atoms with E-state index in [0.29, 0.717) is 0 Å². The Hall–Kier alpha value is -0.160. The van der Waals surface area contributed by atoms with E-state index in [0.717, 1.165) is 45.9 Å². The third-order valence-electron chi connectivity index (χ3n) is 2.02. The Balaban J connectivity index is 2.12. The van der Waals surface area contributed by atoms with Crippen molar-refractivity contribution in [2.75, 3.05) is 45.9 Å². The van der Waals surface area contributed by atoms with Gasteiger partial charge in [-0.05, 0) is 0 Å². The summed E-state index contributed by atoms with van der Waals surface area (Å²) >= 11 is 0. The van der Waals surface area contributed by atoms with E-state index in [1.807, 2.05) is 0 Å². The second-order valence-corrected chi connectivity index (χ2v) is 2.95. The van der Waals surface area contributed by atoms with Crippen LogP contribution in [0.4, 0.5) is 0 Å². The maximum absolute atomic E-state index is 5.44. The monoisotopic (exact) mass is 158 g/mol. The van der Waals surface area contributed by atoms with Crippen LogP contribution < -0.4 is 11.5 Å². The zero-order valence-corrected chi connectivity index (χ0v) is 7.00. The molecule has 0 bridgehead atoms. The number of nitrogens with two attached hydrogens (primary N) is 2. The summed E-state index contributed by atoms with van der Waals surface area (Å²) in [6, 6.07) is 0. The molecule has 1 aliphatic rings. The summed E-state index contributed by atoms with van der Waals surface area (Å²) in [6.45, 7) is 6.90. The van der Waals surface area contributed by atoms with Crippen LogP contribution in [0.25, 0.3) is 0 Å². The number of hydrogen-bond donors (Lipinski definition) is 2. The van der Waals surface area contributed by atoms with Crippen molar-refractivity contribution in [1.82, 2.24) is 9.80 Å². The van der Waals surface area contributed by atoms with Crippen molar-refractivity contribution in [3.63, 3.8) is 0 Å². The van der Waals surface area contributed by atoms with Crippen molar-refractivity contribution in [3.05, 3.63) is 0 Å². The summed E-state index contributed by atoms with van der Waals surface area (Å²) in [6.07, 6.45) is 0. The minimum atomic E-state index is 0.760. The lowest BCUT2D eigenvalue weighted by Gasteiger charge is -2.15. The summed E-state index contributed by atoms with van der Waals surface area (Å²) in [4.78, 5) is 4.71. The van der Waals surface area contributed by atoms with E-state index in [-0.39, 0.29) is 0 Å². The zero-order valence-electron chi connectivity index (χ0n) is 7.00. The summed E-state index contributed by atoms with van der Waals surface area (Å²) in [7, 11) is 0. The van der Waals surface area contributed by atoms with Gasteiger partial charge in [0.05, 0.1) is 6.67 Å². The highest BCUT2D eigenvalue weighted by Gasteiger charge is 2.17. The fourth-order valence-corrected chi connectivity index (χ4v) is 1.44. The second-order valence-electron chi connectivity index (χ2n) is 2.95. The van der Waals surface area contributed by atoms with Gasteiger partial charge >= 0.3 is 0 Å². The number of hydrogen-bond acceptors (Lipinski definition) is 4. The third-order valence-corrected chi connectivity index (χ3v) is 2.02. The van der Waals surface area contributed by atoms with Crippen LogP contribution in [-0.4, -0.2) is 55.7 Å². The lowest BCUT2D eigenvalue weighted by molar-refractivity contribution is 0.254. The van der Waals surface area contributed by atoms with Crippen molar-refractivity contribution in [1.29, 1.82) is 0 Å². The molecule has 0 unspecified atom stereocenters. The molecular formula is C7H18N4. The molecule has 4 nitrogen and oxygen atoms in total. The highest BCUT2D eigenvalue weighted by atomic mass is 15.4. The predicted octanol–water partition coefficient (Wildman–Crippen LogP) is -1.52. The zero-order chi connectivity index (χ0) is 8.10. The number of nitrogens with zero attached hydrogens (tertiary/aromatic N) is 2. The molecule has 0 aromatic rings. The summed E-state index contributed by atoms with van der Waals surface area (Å²) in [5.74, 6) is 0. The molecule has 4 heteroatoms. The molecule has 0 radical (unpaired) electrons. The van der Waals surface area contributed by atoms with E-state index in [4.69, 9.17) is 11.5 Å². The van der Waals surface area contributed by atoms with Gasteiger partial charge in [-0.15, -0.1) is 0 Å². The van der Waals surface area contributed by atoms with Crippen molar-refractivity contribution >= 4 is 0 Å². The maximum Gasteiger partial charge on any atom is 0.0508 e. The van der Waals surface area contributed by atoms with E-state index in [1.54, 1.807) is 0 Å². The highest BCUT2D eigenvalue weighted by molar-refractivity contribution is 4.70. The molecule has 0 saturated carbocycles. The average molecular weight is 158 g/mol. The van der Waals surface area contributed by atoms with Crippen molar-refractivity contribution in [2.24, 2.45) is 11.5 Å². The van der Waals surface area contributed by atoms with Gasteiger partial charge in [-0.25, -0.2) is 0 Å². The first-order valence-electron chi connectivity index (χ1n) is 4.21. The largest absolute Gasteiger partial charge is 0.329 e. The van der Waals surface area contributed by atoms with E-state index >= 15 is 0 Å². The molecule has 1 aliphatic heterocycles. The second kappa shape index (κ2) is 4.66. The molecule has 0 atom stereocenters. The first-order valence-corrected chi connectivity index (χ1v) is 4.21. The molecule has 0 spiro atoms. The van der Waals surface area contributed by atoms with E-state index in [1.165, 1.54) is 0 Å². The van der Waals surface area contributed by atoms with Crippen LogP contribution in [-0.2, 0) is 0 Å². The molecule has 1 heterocycles. The summed E-state index contributed by atoms with van der Waals surface area (Å²) in [5.41, 5.74) is 10.9. The highest BCUT2D eigenvalue weighted by Crippen LogP contribution is 2.01. The van der Waals surface area contributed by atoms with Gasteiger partial charge in [0.25, 0.3) is 0 Å². The van der Waals surface area contributed by atoms with Crippen LogP contribution in [0, 0.1) is 0 Å². The Labute approximate surface area is 68.1 Å². The van der Waals surface area contributed by atoms with Crippen LogP contribution in [0.2, 0.25) is 0 Å². The topological polar surface area (TPSA) is 58.5 Å². The molecule has 1 rings (SSSR count). The smallest absolute Gasteiger partial charge is 0.0508 e. The molecular weight excluding hydrogens is 140 g/mol. The minimum Gasteiger partial charge on any atom is -0.329 e. The van der Waals surface area contributed by atoms with Gasteiger partial charge in [0.1, 0.15) is 0 Å². The van der Waals surface area contributed by atoms with Gasteiger partial charge in [0.2, 0.25) is 0 Å². The Morgan fingerprint density at radius 1 is 0.909 bits per heavy atom. The normalized spacial score (nSPS) is 21.3. The van der Waals surface area contributed by atoms with Gasteiger partial charge < -0.3 is 11.5 Å². The molecule has 0 aromatic carbocycles. The Kier molecular flexibility index (Phi) is 3.79. The standard InChI is InChI=1S/C7H18N4/c8-1-3-10-5-6-11(7-10)4-2-9/h1-9H2. The van der Waals surface area contributed by atoms with Gasteiger partial charge in [-0.3, -0.25) is 9.80 Å². The average Bonchev–Trinajstić information content (AvgIpc) is 2.38. The van der Waals surface area contributed by atoms with Gasteiger partial charge in [-0.1, -0.05) is 0 Å². The molecule has 4 N–H and O–H groups in total. The maximum atomic E-state index is 5.44. The van der Waals surface area contributed by atoms with Gasteiger partial charge in [-0.2, -0.15) is 0 Å². The lowest BCUT2D eigenvalue weighted by atomic mass is 10.5. The Morgan fingerprint density at radius 2 is 1.36 bits per heavy atom. The molecule has 0 aliphatic carbocycles. The molecule has 0 amide bonds. The molecule has 1 saturated heterocycles. The SMILES string of the molecule is NCCN1CCN(CCN)C1. The molecule has 11 heavy (non-hydrogen) atoms. The Bertz CT molecular complexity index is 94.6. The quantitative estimate of drug-likeness (QED) is 0.521. The third kappa shape index (κ3) is 2.75. The summed E-state index contributed by atoms with van der Waals surface area (Å²) in [5, 5.41) is 0. The van der Waals surface area contributed by atoms with Crippen LogP contribution >= 0.6 is 0 Å².